The molecule has 5 nitrogen and oxygen atoms in total. The molecule has 92 valence electrons. The first-order valence-corrected chi connectivity index (χ1v) is 5.74. The van der Waals surface area contributed by atoms with Crippen molar-refractivity contribution in [3.63, 3.8) is 0 Å². The molecule has 1 aromatic rings. The fourth-order valence-corrected chi connectivity index (χ4v) is 1.99. The van der Waals surface area contributed by atoms with E-state index in [1.165, 1.54) is 6.07 Å². The van der Waals surface area contributed by atoms with Crippen molar-refractivity contribution in [3.05, 3.63) is 28.3 Å². The quantitative estimate of drug-likeness (QED) is 0.630. The van der Waals surface area contributed by atoms with E-state index in [1.807, 2.05) is 0 Å². The zero-order chi connectivity index (χ0) is 12.4. The van der Waals surface area contributed by atoms with Gasteiger partial charge in [0.2, 0.25) is 0 Å². The molecule has 0 radical (unpaired) electrons. The van der Waals surface area contributed by atoms with Gasteiger partial charge in [-0.2, -0.15) is 0 Å². The molecule has 1 aliphatic rings. The number of nitrogens with one attached hydrogen (secondary N) is 1. The van der Waals surface area contributed by atoms with Crippen molar-refractivity contribution in [2.24, 2.45) is 5.92 Å². The molecule has 2 unspecified atom stereocenters. The minimum absolute atomic E-state index is 0.104. The van der Waals surface area contributed by atoms with E-state index in [9.17, 15) is 10.1 Å². The Bertz CT molecular complexity index is 434. The van der Waals surface area contributed by atoms with Crippen LogP contribution in [0.25, 0.3) is 0 Å². The normalized spacial score (nSPS) is 22.0. The first-order chi connectivity index (χ1) is 8.15. The number of hydrogen-bond acceptors (Lipinski definition) is 4. The second-order valence-electron chi connectivity index (χ2n) is 4.30. The van der Waals surface area contributed by atoms with E-state index in [2.05, 4.69) is 12.2 Å². The lowest BCUT2D eigenvalue weighted by Crippen LogP contribution is -2.06. The summed E-state index contributed by atoms with van der Waals surface area (Å²) in [6.07, 6.45) is 2.19. The van der Waals surface area contributed by atoms with Crippen LogP contribution in [0.15, 0.2) is 18.2 Å². The predicted octanol–water partition coefficient (Wildman–Crippen LogP) is 2.81. The molecule has 1 N–H and O–H groups in total. The van der Waals surface area contributed by atoms with Crippen LogP contribution < -0.4 is 10.1 Å². The molecule has 0 spiro atoms. The fraction of sp³-hybridized carbons (Fsp3) is 0.500. The lowest BCUT2D eigenvalue weighted by molar-refractivity contribution is -0.384. The molecule has 0 saturated heterocycles. The first-order valence-electron chi connectivity index (χ1n) is 5.74. The second-order valence-corrected chi connectivity index (χ2v) is 4.30. The molecule has 1 aromatic carbocycles. The highest BCUT2D eigenvalue weighted by Gasteiger charge is 2.36. The molecule has 2 rings (SSSR count). The van der Waals surface area contributed by atoms with Crippen molar-refractivity contribution < 1.29 is 9.66 Å². The number of rotatable bonds is 5. The van der Waals surface area contributed by atoms with Crippen molar-refractivity contribution in [3.8, 4) is 5.75 Å². The SMILES string of the molecule is CCC1CC1Nc1cc(OC)ccc1[N+](=O)[O-]. The number of benzene rings is 1. The van der Waals surface area contributed by atoms with Crippen LogP contribution in [-0.4, -0.2) is 18.1 Å². The third kappa shape index (κ3) is 2.49. The van der Waals surface area contributed by atoms with Crippen molar-refractivity contribution in [1.29, 1.82) is 0 Å². The minimum atomic E-state index is -0.370. The van der Waals surface area contributed by atoms with Gasteiger partial charge in [-0.05, 0) is 18.4 Å². The molecule has 0 aliphatic heterocycles. The molecule has 0 aromatic heterocycles. The van der Waals surface area contributed by atoms with E-state index >= 15 is 0 Å². The number of anilines is 1. The molecule has 0 bridgehead atoms. The number of nitro groups is 1. The maximum atomic E-state index is 10.9. The van der Waals surface area contributed by atoms with Crippen LogP contribution in [0.3, 0.4) is 0 Å². The van der Waals surface area contributed by atoms with Crippen LogP contribution in [0.1, 0.15) is 19.8 Å². The number of nitro benzene ring substituents is 1. The molecular weight excluding hydrogens is 220 g/mol. The number of methoxy groups -OCH3 is 1. The van der Waals surface area contributed by atoms with Gasteiger partial charge in [-0.15, -0.1) is 0 Å². The highest BCUT2D eigenvalue weighted by molar-refractivity contribution is 5.65. The fourth-order valence-electron chi connectivity index (χ4n) is 1.99. The Hall–Kier alpha value is -1.78. The van der Waals surface area contributed by atoms with Gasteiger partial charge in [0.1, 0.15) is 11.4 Å². The monoisotopic (exact) mass is 236 g/mol. The average molecular weight is 236 g/mol. The van der Waals surface area contributed by atoms with Gasteiger partial charge in [0.15, 0.2) is 0 Å². The maximum absolute atomic E-state index is 10.9. The Morgan fingerprint density at radius 2 is 2.35 bits per heavy atom. The standard InChI is InChI=1S/C12H16N2O3/c1-3-8-6-10(8)13-11-7-9(17-2)4-5-12(11)14(15)16/h4-5,7-8,10,13H,3,6H2,1-2H3. The van der Waals surface area contributed by atoms with Crippen LogP contribution in [-0.2, 0) is 0 Å². The summed E-state index contributed by atoms with van der Waals surface area (Å²) in [5.74, 6) is 1.27. The minimum Gasteiger partial charge on any atom is -0.497 e. The van der Waals surface area contributed by atoms with Crippen LogP contribution in [0.2, 0.25) is 0 Å². The third-order valence-corrected chi connectivity index (χ3v) is 3.19. The van der Waals surface area contributed by atoms with Crippen LogP contribution >= 0.6 is 0 Å². The van der Waals surface area contributed by atoms with E-state index in [-0.39, 0.29) is 10.6 Å². The molecular formula is C12H16N2O3. The van der Waals surface area contributed by atoms with Gasteiger partial charge < -0.3 is 10.1 Å². The maximum Gasteiger partial charge on any atom is 0.292 e. The summed E-state index contributed by atoms with van der Waals surface area (Å²) in [5, 5.41) is 14.1. The van der Waals surface area contributed by atoms with Gasteiger partial charge >= 0.3 is 0 Å². The van der Waals surface area contributed by atoms with Crippen molar-refractivity contribution in [2.75, 3.05) is 12.4 Å². The van der Waals surface area contributed by atoms with E-state index in [4.69, 9.17) is 4.74 Å². The van der Waals surface area contributed by atoms with E-state index < -0.39 is 0 Å². The Labute approximate surface area is 99.9 Å². The van der Waals surface area contributed by atoms with Gasteiger partial charge in [-0.3, -0.25) is 10.1 Å². The van der Waals surface area contributed by atoms with Crippen molar-refractivity contribution >= 4 is 11.4 Å². The molecule has 1 saturated carbocycles. The molecule has 1 fully saturated rings. The molecule has 0 heterocycles. The number of hydrogen-bond donors (Lipinski definition) is 1. The van der Waals surface area contributed by atoms with Gasteiger partial charge in [-0.25, -0.2) is 0 Å². The van der Waals surface area contributed by atoms with Gasteiger partial charge in [0, 0.05) is 18.2 Å². The van der Waals surface area contributed by atoms with E-state index in [1.54, 1.807) is 19.2 Å². The Balaban J connectivity index is 2.20. The van der Waals surface area contributed by atoms with Gasteiger partial charge in [0.05, 0.1) is 12.0 Å². The van der Waals surface area contributed by atoms with Gasteiger partial charge in [0.25, 0.3) is 5.69 Å². The lowest BCUT2D eigenvalue weighted by atomic mass is 10.2. The van der Waals surface area contributed by atoms with Crippen LogP contribution in [0, 0.1) is 16.0 Å². The Morgan fingerprint density at radius 3 is 2.88 bits per heavy atom. The topological polar surface area (TPSA) is 64.4 Å². The summed E-state index contributed by atoms with van der Waals surface area (Å²) in [7, 11) is 1.55. The zero-order valence-electron chi connectivity index (χ0n) is 9.97. The van der Waals surface area contributed by atoms with E-state index in [0.29, 0.717) is 23.4 Å². The first kappa shape index (κ1) is 11.7. The average Bonchev–Trinajstić information content (AvgIpc) is 3.07. The number of nitrogens with zero attached hydrogens (tertiary/aromatic N) is 1. The largest absolute Gasteiger partial charge is 0.497 e. The van der Waals surface area contributed by atoms with Crippen LogP contribution in [0.4, 0.5) is 11.4 Å². The molecule has 1 aliphatic carbocycles. The molecule has 0 amide bonds. The highest BCUT2D eigenvalue weighted by Crippen LogP contribution is 2.39. The third-order valence-electron chi connectivity index (χ3n) is 3.19. The predicted molar refractivity (Wildman–Crippen MR) is 65.5 cm³/mol. The molecule has 5 heteroatoms. The molecule has 17 heavy (non-hydrogen) atoms. The van der Waals surface area contributed by atoms with Gasteiger partial charge in [-0.1, -0.05) is 13.3 Å². The zero-order valence-corrected chi connectivity index (χ0v) is 9.97. The second kappa shape index (κ2) is 4.61. The lowest BCUT2D eigenvalue weighted by Gasteiger charge is -2.08. The summed E-state index contributed by atoms with van der Waals surface area (Å²) >= 11 is 0. The summed E-state index contributed by atoms with van der Waals surface area (Å²) in [5.41, 5.74) is 0.655. The van der Waals surface area contributed by atoms with Crippen molar-refractivity contribution in [2.45, 2.75) is 25.8 Å². The Kier molecular flexibility index (Phi) is 3.17. The summed E-state index contributed by atoms with van der Waals surface area (Å²) in [6, 6.07) is 5.13. The van der Waals surface area contributed by atoms with Crippen molar-refractivity contribution in [1.82, 2.24) is 0 Å². The summed E-state index contributed by atoms with van der Waals surface area (Å²) < 4.78 is 5.08. The molecule has 2 atom stereocenters. The van der Waals surface area contributed by atoms with E-state index in [0.717, 1.165) is 12.8 Å². The highest BCUT2D eigenvalue weighted by atomic mass is 16.6. The summed E-state index contributed by atoms with van der Waals surface area (Å²) in [4.78, 5) is 10.5. The Morgan fingerprint density at radius 1 is 1.59 bits per heavy atom. The summed E-state index contributed by atoms with van der Waals surface area (Å²) in [6.45, 7) is 2.13. The van der Waals surface area contributed by atoms with Crippen LogP contribution in [0.5, 0.6) is 5.75 Å². The number of ether oxygens (including phenoxy) is 1. The smallest absolute Gasteiger partial charge is 0.292 e.